The van der Waals surface area contributed by atoms with Crippen molar-refractivity contribution in [1.82, 2.24) is 10.3 Å². The number of aryl methyl sites for hydroxylation is 1. The van der Waals surface area contributed by atoms with E-state index in [0.717, 1.165) is 24.4 Å². The number of terminal acetylenes is 1. The number of nitrogens with one attached hydrogen (secondary N) is 1. The Bertz CT molecular complexity index is 602. The van der Waals surface area contributed by atoms with Gasteiger partial charge in [-0.15, -0.1) is 6.42 Å². The van der Waals surface area contributed by atoms with Crippen LogP contribution in [0, 0.1) is 19.3 Å². The maximum absolute atomic E-state index is 5.52. The lowest BCUT2D eigenvalue weighted by Gasteiger charge is -2.11. The van der Waals surface area contributed by atoms with Gasteiger partial charge in [-0.2, -0.15) is 0 Å². The molecule has 0 bridgehead atoms. The van der Waals surface area contributed by atoms with Crippen LogP contribution in [0.3, 0.4) is 0 Å². The monoisotopic (exact) mass is 266 g/mol. The van der Waals surface area contributed by atoms with Crippen LogP contribution in [0.2, 0.25) is 0 Å². The van der Waals surface area contributed by atoms with Gasteiger partial charge in [0.1, 0.15) is 12.4 Å². The van der Waals surface area contributed by atoms with Crippen molar-refractivity contribution in [2.24, 2.45) is 0 Å². The smallest absolute Gasteiger partial charge is 0.148 e. The van der Waals surface area contributed by atoms with Gasteiger partial charge in [-0.05, 0) is 30.2 Å². The van der Waals surface area contributed by atoms with Gasteiger partial charge in [-0.1, -0.05) is 24.1 Å². The van der Waals surface area contributed by atoms with Gasteiger partial charge >= 0.3 is 0 Å². The zero-order chi connectivity index (χ0) is 14.2. The maximum atomic E-state index is 5.52. The Labute approximate surface area is 120 Å². The lowest BCUT2D eigenvalue weighted by Crippen LogP contribution is -2.14. The first-order valence-corrected chi connectivity index (χ1v) is 6.55. The standard InChI is InChI=1S/C17H18N2O/c1-3-10-20-17-7-5-4-6-15(17)11-19-13-16-12-18-9-8-14(16)2/h1,4-9,12,19H,10-11,13H2,2H3. The summed E-state index contributed by atoms with van der Waals surface area (Å²) in [7, 11) is 0. The Morgan fingerprint density at radius 1 is 1.20 bits per heavy atom. The van der Waals surface area contributed by atoms with Crippen molar-refractivity contribution in [1.29, 1.82) is 0 Å². The molecule has 0 aliphatic carbocycles. The number of ether oxygens (including phenoxy) is 1. The molecule has 2 rings (SSSR count). The Hall–Kier alpha value is -2.31. The molecule has 1 aromatic heterocycles. The molecule has 20 heavy (non-hydrogen) atoms. The Kier molecular flexibility index (Phi) is 5.16. The second-order valence-corrected chi connectivity index (χ2v) is 4.51. The molecule has 3 nitrogen and oxygen atoms in total. The molecule has 2 aromatic rings. The predicted molar refractivity (Wildman–Crippen MR) is 80.3 cm³/mol. The quantitative estimate of drug-likeness (QED) is 0.816. The number of hydrogen-bond acceptors (Lipinski definition) is 3. The average molecular weight is 266 g/mol. The third-order valence-corrected chi connectivity index (χ3v) is 3.06. The van der Waals surface area contributed by atoms with Crippen molar-refractivity contribution in [3.8, 4) is 18.1 Å². The molecule has 102 valence electrons. The third-order valence-electron chi connectivity index (χ3n) is 3.06. The number of para-hydroxylation sites is 1. The molecular formula is C17H18N2O. The number of aromatic nitrogens is 1. The predicted octanol–water partition coefficient (Wildman–Crippen LogP) is 2.69. The van der Waals surface area contributed by atoms with Gasteiger partial charge in [-0.25, -0.2) is 0 Å². The second kappa shape index (κ2) is 7.32. The fourth-order valence-corrected chi connectivity index (χ4v) is 1.92. The van der Waals surface area contributed by atoms with E-state index < -0.39 is 0 Å². The van der Waals surface area contributed by atoms with Crippen LogP contribution in [-0.2, 0) is 13.1 Å². The number of rotatable bonds is 6. The van der Waals surface area contributed by atoms with E-state index in [1.807, 2.05) is 42.7 Å². The molecule has 0 atom stereocenters. The van der Waals surface area contributed by atoms with Crippen LogP contribution in [0.1, 0.15) is 16.7 Å². The highest BCUT2D eigenvalue weighted by atomic mass is 16.5. The number of pyridine rings is 1. The van der Waals surface area contributed by atoms with E-state index in [9.17, 15) is 0 Å². The molecule has 0 fully saturated rings. The van der Waals surface area contributed by atoms with Crippen molar-refractivity contribution in [3.63, 3.8) is 0 Å². The summed E-state index contributed by atoms with van der Waals surface area (Å²) in [5, 5.41) is 3.40. The van der Waals surface area contributed by atoms with E-state index in [2.05, 4.69) is 23.1 Å². The lowest BCUT2D eigenvalue weighted by molar-refractivity contribution is 0.364. The largest absolute Gasteiger partial charge is 0.481 e. The lowest BCUT2D eigenvalue weighted by atomic mass is 10.1. The molecule has 1 N–H and O–H groups in total. The minimum Gasteiger partial charge on any atom is -0.481 e. The number of nitrogens with zero attached hydrogens (tertiary/aromatic N) is 1. The van der Waals surface area contributed by atoms with Crippen LogP contribution in [0.15, 0.2) is 42.7 Å². The van der Waals surface area contributed by atoms with Gasteiger partial charge in [0.25, 0.3) is 0 Å². The number of benzene rings is 1. The Morgan fingerprint density at radius 2 is 2.00 bits per heavy atom. The minimum atomic E-state index is 0.290. The molecule has 0 unspecified atom stereocenters. The molecule has 0 aliphatic heterocycles. The minimum absolute atomic E-state index is 0.290. The van der Waals surface area contributed by atoms with Crippen LogP contribution >= 0.6 is 0 Å². The molecule has 1 aromatic carbocycles. The third kappa shape index (κ3) is 3.84. The van der Waals surface area contributed by atoms with Crippen molar-refractivity contribution < 1.29 is 4.74 Å². The summed E-state index contributed by atoms with van der Waals surface area (Å²) >= 11 is 0. The van der Waals surface area contributed by atoms with E-state index in [1.54, 1.807) is 0 Å². The molecule has 0 spiro atoms. The van der Waals surface area contributed by atoms with Crippen LogP contribution in [0.5, 0.6) is 5.75 Å². The molecule has 0 aliphatic rings. The zero-order valence-corrected chi connectivity index (χ0v) is 11.6. The van der Waals surface area contributed by atoms with Gasteiger partial charge in [0.05, 0.1) is 0 Å². The highest BCUT2D eigenvalue weighted by molar-refractivity contribution is 5.33. The van der Waals surface area contributed by atoms with Crippen LogP contribution in [0.4, 0.5) is 0 Å². The van der Waals surface area contributed by atoms with Gasteiger partial charge in [0.2, 0.25) is 0 Å². The van der Waals surface area contributed by atoms with E-state index in [0.29, 0.717) is 6.61 Å². The molecular weight excluding hydrogens is 248 g/mol. The molecule has 0 saturated carbocycles. The fraction of sp³-hybridized carbons (Fsp3) is 0.235. The van der Waals surface area contributed by atoms with Gasteiger partial charge in [0, 0.05) is 31.0 Å². The van der Waals surface area contributed by atoms with Gasteiger partial charge < -0.3 is 10.1 Å². The zero-order valence-electron chi connectivity index (χ0n) is 11.6. The van der Waals surface area contributed by atoms with Gasteiger partial charge in [0.15, 0.2) is 0 Å². The first-order chi connectivity index (χ1) is 9.81. The summed E-state index contributed by atoms with van der Waals surface area (Å²) < 4.78 is 5.52. The van der Waals surface area contributed by atoms with Crippen LogP contribution < -0.4 is 10.1 Å². The van der Waals surface area contributed by atoms with E-state index in [1.165, 1.54) is 11.1 Å². The average Bonchev–Trinajstić information content (AvgIpc) is 2.48. The van der Waals surface area contributed by atoms with Crippen molar-refractivity contribution >= 4 is 0 Å². The fourth-order valence-electron chi connectivity index (χ4n) is 1.92. The highest BCUT2D eigenvalue weighted by Gasteiger charge is 2.03. The summed E-state index contributed by atoms with van der Waals surface area (Å²) in [5.74, 6) is 3.32. The molecule has 0 saturated heterocycles. The molecule has 1 heterocycles. The highest BCUT2D eigenvalue weighted by Crippen LogP contribution is 2.17. The molecule has 3 heteroatoms. The SMILES string of the molecule is C#CCOc1ccccc1CNCc1cnccc1C. The van der Waals surface area contributed by atoms with Gasteiger partial charge in [-0.3, -0.25) is 4.98 Å². The van der Waals surface area contributed by atoms with Crippen molar-refractivity contribution in [2.75, 3.05) is 6.61 Å². The Morgan fingerprint density at radius 3 is 2.80 bits per heavy atom. The van der Waals surface area contributed by atoms with E-state index in [-0.39, 0.29) is 0 Å². The topological polar surface area (TPSA) is 34.1 Å². The summed E-state index contributed by atoms with van der Waals surface area (Å²) in [6, 6.07) is 9.93. The first kappa shape index (κ1) is 14.1. The Balaban J connectivity index is 1.94. The molecule has 0 amide bonds. The summed E-state index contributed by atoms with van der Waals surface area (Å²) in [4.78, 5) is 4.14. The first-order valence-electron chi connectivity index (χ1n) is 6.55. The number of hydrogen-bond donors (Lipinski definition) is 1. The van der Waals surface area contributed by atoms with E-state index in [4.69, 9.17) is 11.2 Å². The van der Waals surface area contributed by atoms with Crippen molar-refractivity contribution in [3.05, 3.63) is 59.4 Å². The van der Waals surface area contributed by atoms with E-state index >= 15 is 0 Å². The second-order valence-electron chi connectivity index (χ2n) is 4.51. The summed E-state index contributed by atoms with van der Waals surface area (Å²) in [5.41, 5.74) is 3.54. The normalized spacial score (nSPS) is 10.0. The van der Waals surface area contributed by atoms with Crippen molar-refractivity contribution in [2.45, 2.75) is 20.0 Å². The van der Waals surface area contributed by atoms with Crippen LogP contribution in [-0.4, -0.2) is 11.6 Å². The van der Waals surface area contributed by atoms with Crippen LogP contribution in [0.25, 0.3) is 0 Å². The molecule has 0 radical (unpaired) electrons. The maximum Gasteiger partial charge on any atom is 0.148 e. The summed E-state index contributed by atoms with van der Waals surface area (Å²) in [6.07, 6.45) is 8.92. The summed E-state index contributed by atoms with van der Waals surface area (Å²) in [6.45, 7) is 3.89.